The minimum atomic E-state index is 0.566. The predicted octanol–water partition coefficient (Wildman–Crippen LogP) is 11.2. The molecule has 51 heavy (non-hydrogen) atoms. The maximum atomic E-state index is 9.53. The SMILES string of the molecule is N#Cc1ccc(-c2ccc(-n3c4ccccc4c4cc(-c5ccccc5)ccc43)cc2-c2nc(-c3ccccc3)nc(-c3ccccc3)n2)cc1. The number of nitrogens with zero attached hydrogens (tertiary/aromatic N) is 5. The summed E-state index contributed by atoms with van der Waals surface area (Å²) in [6.45, 7) is 0. The van der Waals surface area contributed by atoms with Crippen molar-refractivity contribution in [3.8, 4) is 68.2 Å². The van der Waals surface area contributed by atoms with Gasteiger partial charge in [0.25, 0.3) is 0 Å². The van der Waals surface area contributed by atoms with Gasteiger partial charge in [-0.3, -0.25) is 0 Å². The largest absolute Gasteiger partial charge is 0.309 e. The van der Waals surface area contributed by atoms with Crippen molar-refractivity contribution in [3.05, 3.63) is 181 Å². The maximum Gasteiger partial charge on any atom is 0.164 e. The van der Waals surface area contributed by atoms with Gasteiger partial charge in [-0.1, -0.05) is 133 Å². The molecule has 5 heteroatoms. The van der Waals surface area contributed by atoms with Gasteiger partial charge in [0.1, 0.15) is 0 Å². The number of nitriles is 1. The van der Waals surface area contributed by atoms with Gasteiger partial charge in [-0.25, -0.2) is 15.0 Å². The van der Waals surface area contributed by atoms with Crippen LogP contribution in [0.25, 0.3) is 83.9 Å². The van der Waals surface area contributed by atoms with E-state index in [0.717, 1.165) is 44.5 Å². The van der Waals surface area contributed by atoms with E-state index in [9.17, 15) is 5.26 Å². The smallest absolute Gasteiger partial charge is 0.164 e. The topological polar surface area (TPSA) is 67.4 Å². The molecule has 2 heterocycles. The summed E-state index contributed by atoms with van der Waals surface area (Å²) in [5, 5.41) is 11.9. The van der Waals surface area contributed by atoms with Crippen molar-refractivity contribution in [2.24, 2.45) is 0 Å². The van der Waals surface area contributed by atoms with E-state index >= 15 is 0 Å². The summed E-state index contributed by atoms with van der Waals surface area (Å²) in [4.78, 5) is 15.2. The molecule has 0 aliphatic rings. The highest BCUT2D eigenvalue weighted by Crippen LogP contribution is 2.39. The van der Waals surface area contributed by atoms with E-state index in [1.54, 1.807) is 0 Å². The molecule has 0 aliphatic heterocycles. The molecule has 0 spiro atoms. The van der Waals surface area contributed by atoms with Crippen LogP contribution < -0.4 is 0 Å². The van der Waals surface area contributed by atoms with Crippen LogP contribution >= 0.6 is 0 Å². The summed E-state index contributed by atoms with van der Waals surface area (Å²) in [5.41, 5.74) is 10.8. The summed E-state index contributed by atoms with van der Waals surface area (Å²) in [6, 6.07) is 62.2. The van der Waals surface area contributed by atoms with Gasteiger partial charge in [0.05, 0.1) is 22.7 Å². The Labute approximate surface area is 295 Å². The van der Waals surface area contributed by atoms with Gasteiger partial charge in [-0.15, -0.1) is 0 Å². The van der Waals surface area contributed by atoms with E-state index in [-0.39, 0.29) is 0 Å². The lowest BCUT2D eigenvalue weighted by Gasteiger charge is -2.15. The van der Waals surface area contributed by atoms with E-state index in [1.165, 1.54) is 21.9 Å². The first-order valence-corrected chi connectivity index (χ1v) is 16.8. The number of rotatable bonds is 6. The molecule has 0 unspecified atom stereocenters. The third-order valence-electron chi connectivity index (χ3n) is 9.31. The van der Waals surface area contributed by atoms with Crippen LogP contribution in [0.2, 0.25) is 0 Å². The van der Waals surface area contributed by atoms with Crippen LogP contribution in [-0.4, -0.2) is 19.5 Å². The molecule has 7 aromatic carbocycles. The molecule has 0 amide bonds. The first-order chi connectivity index (χ1) is 25.2. The summed E-state index contributed by atoms with van der Waals surface area (Å²) >= 11 is 0. The fourth-order valence-corrected chi connectivity index (χ4v) is 6.82. The highest BCUT2D eigenvalue weighted by atomic mass is 15.0. The number of fused-ring (bicyclic) bond motifs is 3. The predicted molar refractivity (Wildman–Crippen MR) is 206 cm³/mol. The molecular formula is C46H29N5. The van der Waals surface area contributed by atoms with Gasteiger partial charge in [0.2, 0.25) is 0 Å². The molecule has 0 saturated heterocycles. The number of hydrogen-bond acceptors (Lipinski definition) is 4. The average Bonchev–Trinajstić information content (AvgIpc) is 3.55. The molecule has 0 bridgehead atoms. The molecule has 9 rings (SSSR count). The Bertz CT molecular complexity index is 2670. The molecule has 5 nitrogen and oxygen atoms in total. The lowest BCUT2D eigenvalue weighted by molar-refractivity contribution is 1.07. The molecule has 0 saturated carbocycles. The van der Waals surface area contributed by atoms with Crippen molar-refractivity contribution >= 4 is 21.8 Å². The van der Waals surface area contributed by atoms with Gasteiger partial charge in [-0.05, 0) is 64.7 Å². The van der Waals surface area contributed by atoms with Gasteiger partial charge >= 0.3 is 0 Å². The Hall–Kier alpha value is -7.16. The zero-order valence-corrected chi connectivity index (χ0v) is 27.5. The highest BCUT2D eigenvalue weighted by molar-refractivity contribution is 6.10. The summed E-state index contributed by atoms with van der Waals surface area (Å²) < 4.78 is 2.32. The van der Waals surface area contributed by atoms with Crippen LogP contribution in [0.5, 0.6) is 0 Å². The Kier molecular flexibility index (Phi) is 7.46. The van der Waals surface area contributed by atoms with Crippen molar-refractivity contribution in [3.63, 3.8) is 0 Å². The second-order valence-corrected chi connectivity index (χ2v) is 12.4. The van der Waals surface area contributed by atoms with Gasteiger partial charge in [0.15, 0.2) is 17.5 Å². The van der Waals surface area contributed by atoms with E-state index in [0.29, 0.717) is 23.0 Å². The molecule has 0 aliphatic carbocycles. The standard InChI is InChI=1S/C46H29N5/c47-30-31-20-22-33(23-21-31)38-26-25-37(51-42-19-11-10-18-39(42)40-28-36(24-27-43(40)51)32-12-4-1-5-13-32)29-41(38)46-49-44(34-14-6-2-7-15-34)48-45(50-46)35-16-8-3-9-17-35/h1-29H. The summed E-state index contributed by atoms with van der Waals surface area (Å²) in [5.74, 6) is 1.76. The van der Waals surface area contributed by atoms with Gasteiger partial charge in [-0.2, -0.15) is 5.26 Å². The maximum absolute atomic E-state index is 9.53. The van der Waals surface area contributed by atoms with Gasteiger partial charge in [0, 0.05) is 33.2 Å². The monoisotopic (exact) mass is 651 g/mol. The van der Waals surface area contributed by atoms with Crippen LogP contribution in [0.4, 0.5) is 0 Å². The molecule has 2 aromatic heterocycles. The average molecular weight is 652 g/mol. The van der Waals surface area contributed by atoms with Crippen LogP contribution in [0.15, 0.2) is 176 Å². The zero-order chi connectivity index (χ0) is 34.1. The highest BCUT2D eigenvalue weighted by Gasteiger charge is 2.19. The number of benzene rings is 7. The van der Waals surface area contributed by atoms with Crippen molar-refractivity contribution in [2.75, 3.05) is 0 Å². The Morgan fingerprint density at radius 2 is 0.941 bits per heavy atom. The lowest BCUT2D eigenvalue weighted by atomic mass is 9.97. The number of hydrogen-bond donors (Lipinski definition) is 0. The fourth-order valence-electron chi connectivity index (χ4n) is 6.82. The van der Waals surface area contributed by atoms with Crippen molar-refractivity contribution in [1.82, 2.24) is 19.5 Å². The third-order valence-corrected chi connectivity index (χ3v) is 9.31. The van der Waals surface area contributed by atoms with E-state index in [1.807, 2.05) is 91.0 Å². The van der Waals surface area contributed by atoms with Gasteiger partial charge < -0.3 is 4.57 Å². The van der Waals surface area contributed by atoms with Crippen LogP contribution in [0.1, 0.15) is 5.56 Å². The zero-order valence-electron chi connectivity index (χ0n) is 27.5. The first-order valence-electron chi connectivity index (χ1n) is 16.8. The molecule has 9 aromatic rings. The number of aromatic nitrogens is 4. The lowest BCUT2D eigenvalue weighted by Crippen LogP contribution is -2.02. The first kappa shape index (κ1) is 29.9. The Morgan fingerprint density at radius 1 is 0.392 bits per heavy atom. The Balaban J connectivity index is 1.30. The van der Waals surface area contributed by atoms with E-state index < -0.39 is 0 Å². The van der Waals surface area contributed by atoms with Crippen molar-refractivity contribution in [1.29, 1.82) is 5.26 Å². The van der Waals surface area contributed by atoms with Crippen molar-refractivity contribution < 1.29 is 0 Å². The molecule has 0 fully saturated rings. The van der Waals surface area contributed by atoms with E-state index in [4.69, 9.17) is 15.0 Å². The fraction of sp³-hybridized carbons (Fsp3) is 0. The van der Waals surface area contributed by atoms with Crippen LogP contribution in [0.3, 0.4) is 0 Å². The Morgan fingerprint density at radius 3 is 1.59 bits per heavy atom. The molecule has 238 valence electrons. The molecular weight excluding hydrogens is 623 g/mol. The number of para-hydroxylation sites is 1. The van der Waals surface area contributed by atoms with Crippen molar-refractivity contribution in [2.45, 2.75) is 0 Å². The van der Waals surface area contributed by atoms with Crippen LogP contribution in [-0.2, 0) is 0 Å². The quantitative estimate of drug-likeness (QED) is 0.179. The van der Waals surface area contributed by atoms with Crippen LogP contribution in [0, 0.1) is 11.3 Å². The molecule has 0 radical (unpaired) electrons. The van der Waals surface area contributed by atoms with E-state index in [2.05, 4.69) is 95.6 Å². The second kappa shape index (κ2) is 12.7. The summed E-state index contributed by atoms with van der Waals surface area (Å²) in [7, 11) is 0. The summed E-state index contributed by atoms with van der Waals surface area (Å²) in [6.07, 6.45) is 0. The minimum Gasteiger partial charge on any atom is -0.309 e. The second-order valence-electron chi connectivity index (χ2n) is 12.4. The molecule has 0 N–H and O–H groups in total. The third kappa shape index (κ3) is 5.51. The normalized spacial score (nSPS) is 11.1. The molecule has 0 atom stereocenters. The minimum absolute atomic E-state index is 0.566.